The number of ether oxygens (including phenoxy) is 3. The second-order valence-corrected chi connectivity index (χ2v) is 7.10. The van der Waals surface area contributed by atoms with Crippen LogP contribution in [0.4, 0.5) is 4.39 Å². The largest absolute Gasteiger partial charge is 0.493 e. The summed E-state index contributed by atoms with van der Waals surface area (Å²) < 4.78 is 31.2. The molecule has 0 aromatic heterocycles. The lowest BCUT2D eigenvalue weighted by Crippen LogP contribution is -2.20. The van der Waals surface area contributed by atoms with E-state index in [2.05, 4.69) is 32.9 Å². The van der Waals surface area contributed by atoms with E-state index in [4.69, 9.17) is 14.2 Å². The van der Waals surface area contributed by atoms with E-state index in [1.54, 1.807) is 6.07 Å². The van der Waals surface area contributed by atoms with Gasteiger partial charge in [-0.15, -0.1) is 0 Å². The van der Waals surface area contributed by atoms with Crippen LogP contribution in [0.25, 0.3) is 0 Å². The maximum absolute atomic E-state index is 13.9. The Kier molecular flexibility index (Phi) is 5.16. The summed E-state index contributed by atoms with van der Waals surface area (Å²) in [5.41, 5.74) is 2.04. The van der Waals surface area contributed by atoms with Crippen LogP contribution in [0.5, 0.6) is 17.2 Å². The average Bonchev–Trinajstić information content (AvgIpc) is 3.02. The third kappa shape index (κ3) is 4.06. The highest BCUT2D eigenvalue weighted by Gasteiger charge is 2.30. The van der Waals surface area contributed by atoms with E-state index in [1.165, 1.54) is 6.07 Å². The zero-order valence-electron chi connectivity index (χ0n) is 15.2. The smallest absolute Gasteiger partial charge is 0.242 e. The lowest BCUT2D eigenvalue weighted by molar-refractivity contribution is 0.0348. The van der Waals surface area contributed by atoms with Gasteiger partial charge in [-0.25, -0.2) is 4.39 Å². The Morgan fingerprint density at radius 1 is 1.08 bits per heavy atom. The summed E-state index contributed by atoms with van der Waals surface area (Å²) in [5.74, 6) is 1.93. The zero-order chi connectivity index (χ0) is 18.0. The molecule has 0 fully saturated rings. The molecular formula is C21H25FO3. The Morgan fingerprint density at radius 3 is 2.56 bits per heavy atom. The average molecular weight is 344 g/mol. The van der Waals surface area contributed by atoms with Crippen molar-refractivity contribution in [3.63, 3.8) is 0 Å². The van der Waals surface area contributed by atoms with E-state index >= 15 is 0 Å². The van der Waals surface area contributed by atoms with Gasteiger partial charge in [-0.1, -0.05) is 39.0 Å². The van der Waals surface area contributed by atoms with Gasteiger partial charge in [0.25, 0.3) is 0 Å². The van der Waals surface area contributed by atoms with Crippen molar-refractivity contribution in [2.75, 3.05) is 6.61 Å². The molecule has 1 aliphatic heterocycles. The van der Waals surface area contributed by atoms with Crippen LogP contribution in [-0.4, -0.2) is 12.9 Å². The topological polar surface area (TPSA) is 27.7 Å². The SMILES string of the molecule is Cc1ccc(F)c2c1OC(CC(C)c1cccc(OCC(C)C)c1)O2. The summed E-state index contributed by atoms with van der Waals surface area (Å²) in [5, 5.41) is 0. The van der Waals surface area contributed by atoms with Crippen LogP contribution in [0.3, 0.4) is 0 Å². The Labute approximate surface area is 148 Å². The Balaban J connectivity index is 1.65. The summed E-state index contributed by atoms with van der Waals surface area (Å²) in [6.07, 6.45) is 0.169. The normalized spacial score (nSPS) is 17.0. The molecule has 0 radical (unpaired) electrons. The van der Waals surface area contributed by atoms with Crippen molar-refractivity contribution in [3.05, 3.63) is 53.3 Å². The Hall–Kier alpha value is -2.23. The number of aryl methyl sites for hydroxylation is 1. The first kappa shape index (κ1) is 17.6. The van der Waals surface area contributed by atoms with Crippen LogP contribution < -0.4 is 14.2 Å². The number of halogens is 1. The number of benzene rings is 2. The molecule has 1 aliphatic rings. The minimum atomic E-state index is -0.471. The zero-order valence-corrected chi connectivity index (χ0v) is 15.2. The molecule has 134 valence electrons. The van der Waals surface area contributed by atoms with Crippen LogP contribution in [0.2, 0.25) is 0 Å². The number of rotatable bonds is 6. The van der Waals surface area contributed by atoms with E-state index in [9.17, 15) is 4.39 Å². The fourth-order valence-corrected chi connectivity index (χ4v) is 2.88. The predicted octanol–water partition coefficient (Wildman–Crippen LogP) is 5.46. The molecule has 1 heterocycles. The third-order valence-electron chi connectivity index (χ3n) is 4.32. The van der Waals surface area contributed by atoms with Gasteiger partial charge in [0.05, 0.1) is 6.61 Å². The minimum Gasteiger partial charge on any atom is -0.493 e. The second-order valence-electron chi connectivity index (χ2n) is 7.10. The van der Waals surface area contributed by atoms with Gasteiger partial charge in [0.15, 0.2) is 11.6 Å². The molecule has 0 bridgehead atoms. The van der Waals surface area contributed by atoms with Crippen molar-refractivity contribution in [3.8, 4) is 17.2 Å². The van der Waals surface area contributed by atoms with Crippen molar-refractivity contribution in [2.45, 2.75) is 46.3 Å². The van der Waals surface area contributed by atoms with Gasteiger partial charge in [0, 0.05) is 6.42 Å². The van der Waals surface area contributed by atoms with Gasteiger partial charge in [0.2, 0.25) is 12.0 Å². The lowest BCUT2D eigenvalue weighted by atomic mass is 9.97. The molecule has 3 rings (SSSR count). The standard InChI is InChI=1S/C21H25FO3/c1-13(2)12-23-17-7-5-6-16(11-17)15(4)10-19-24-20-14(3)8-9-18(22)21(20)25-19/h5-9,11,13,15,19H,10,12H2,1-4H3. The monoisotopic (exact) mass is 344 g/mol. The van der Waals surface area contributed by atoms with Gasteiger partial charge in [-0.05, 0) is 48.1 Å². The molecule has 2 atom stereocenters. The van der Waals surface area contributed by atoms with Crippen molar-refractivity contribution in [2.24, 2.45) is 5.92 Å². The summed E-state index contributed by atoms with van der Waals surface area (Å²) in [4.78, 5) is 0. The molecule has 4 heteroatoms. The maximum Gasteiger partial charge on any atom is 0.242 e. The highest BCUT2D eigenvalue weighted by atomic mass is 19.1. The molecule has 2 aromatic rings. The van der Waals surface area contributed by atoms with Crippen molar-refractivity contribution >= 4 is 0 Å². The fourth-order valence-electron chi connectivity index (χ4n) is 2.88. The van der Waals surface area contributed by atoms with Gasteiger partial charge < -0.3 is 14.2 Å². The number of hydrogen-bond acceptors (Lipinski definition) is 3. The maximum atomic E-state index is 13.9. The summed E-state index contributed by atoms with van der Waals surface area (Å²) in [7, 11) is 0. The molecule has 25 heavy (non-hydrogen) atoms. The molecule has 0 saturated heterocycles. The van der Waals surface area contributed by atoms with E-state index in [0.717, 1.165) is 16.9 Å². The van der Waals surface area contributed by atoms with Crippen LogP contribution >= 0.6 is 0 Å². The minimum absolute atomic E-state index is 0.199. The van der Waals surface area contributed by atoms with Gasteiger partial charge in [-0.3, -0.25) is 0 Å². The first-order valence-electron chi connectivity index (χ1n) is 8.79. The van der Waals surface area contributed by atoms with E-state index in [-0.39, 0.29) is 17.5 Å². The van der Waals surface area contributed by atoms with E-state index in [0.29, 0.717) is 24.7 Å². The molecule has 2 unspecified atom stereocenters. The molecular weight excluding hydrogens is 319 g/mol. The Bertz CT molecular complexity index is 711. The second kappa shape index (κ2) is 7.34. The lowest BCUT2D eigenvalue weighted by Gasteiger charge is -2.17. The molecule has 3 nitrogen and oxygen atoms in total. The highest BCUT2D eigenvalue weighted by molar-refractivity contribution is 5.49. The molecule has 2 aromatic carbocycles. The third-order valence-corrected chi connectivity index (χ3v) is 4.32. The molecule has 0 spiro atoms. The molecule has 0 saturated carbocycles. The van der Waals surface area contributed by atoms with Gasteiger partial charge in [0.1, 0.15) is 5.75 Å². The molecule has 0 aliphatic carbocycles. The summed E-state index contributed by atoms with van der Waals surface area (Å²) in [6.45, 7) is 8.95. The van der Waals surface area contributed by atoms with Crippen LogP contribution in [0.15, 0.2) is 36.4 Å². The van der Waals surface area contributed by atoms with Crippen LogP contribution in [0, 0.1) is 18.7 Å². The summed E-state index contributed by atoms with van der Waals surface area (Å²) >= 11 is 0. The van der Waals surface area contributed by atoms with Crippen LogP contribution in [0.1, 0.15) is 44.2 Å². The summed E-state index contributed by atoms with van der Waals surface area (Å²) in [6, 6.07) is 11.2. The molecule has 0 amide bonds. The van der Waals surface area contributed by atoms with Crippen molar-refractivity contribution < 1.29 is 18.6 Å². The highest BCUT2D eigenvalue weighted by Crippen LogP contribution is 2.41. The van der Waals surface area contributed by atoms with Gasteiger partial charge in [-0.2, -0.15) is 0 Å². The van der Waals surface area contributed by atoms with E-state index in [1.807, 2.05) is 19.1 Å². The quantitative estimate of drug-likeness (QED) is 0.696. The first-order chi connectivity index (χ1) is 11.9. The predicted molar refractivity (Wildman–Crippen MR) is 96.0 cm³/mol. The fraction of sp³-hybridized carbons (Fsp3) is 0.429. The van der Waals surface area contributed by atoms with Crippen molar-refractivity contribution in [1.82, 2.24) is 0 Å². The van der Waals surface area contributed by atoms with E-state index < -0.39 is 6.29 Å². The van der Waals surface area contributed by atoms with Gasteiger partial charge >= 0.3 is 0 Å². The first-order valence-corrected chi connectivity index (χ1v) is 8.79. The number of hydrogen-bond donors (Lipinski definition) is 0. The Morgan fingerprint density at radius 2 is 1.84 bits per heavy atom. The van der Waals surface area contributed by atoms with Crippen molar-refractivity contribution in [1.29, 1.82) is 0 Å². The van der Waals surface area contributed by atoms with Crippen LogP contribution in [-0.2, 0) is 0 Å². The number of fused-ring (bicyclic) bond motifs is 1. The molecule has 0 N–H and O–H groups in total.